The summed E-state index contributed by atoms with van der Waals surface area (Å²) in [5, 5.41) is 10.1. The van der Waals surface area contributed by atoms with Crippen molar-refractivity contribution in [3.63, 3.8) is 0 Å². The fourth-order valence-corrected chi connectivity index (χ4v) is 3.72. The van der Waals surface area contributed by atoms with E-state index >= 15 is 4.39 Å². The number of carbonyl (C=O) groups excluding carboxylic acids is 1. The number of benzene rings is 1. The normalized spacial score (nSPS) is 17.1. The standard InChI is InChI=1S/C19H23F2N5O2S/c1-19(21,25(2)29-28-17-5-3-4-15(20)12-17)14-7-10-26(11-8-14)18(27)24-16-6-9-22-23-13-16/h3-6,9,12-14H,7-8,10-11H2,1-2H3,(H,22,24,27). The first-order valence-electron chi connectivity index (χ1n) is 9.22. The molecule has 2 aromatic rings. The van der Waals surface area contributed by atoms with Crippen LogP contribution in [0.25, 0.3) is 0 Å². The number of rotatable bonds is 6. The minimum Gasteiger partial charge on any atom is -0.409 e. The Morgan fingerprint density at radius 3 is 2.76 bits per heavy atom. The lowest BCUT2D eigenvalue weighted by Gasteiger charge is -2.41. The molecule has 1 fully saturated rings. The Hall–Kier alpha value is -2.46. The Labute approximate surface area is 172 Å². The van der Waals surface area contributed by atoms with Gasteiger partial charge in [-0.05, 0) is 38.0 Å². The van der Waals surface area contributed by atoms with Gasteiger partial charge in [0.05, 0.1) is 18.1 Å². The number of piperidine rings is 1. The summed E-state index contributed by atoms with van der Waals surface area (Å²) in [5.41, 5.74) is 0.563. The molecular formula is C19H23F2N5O2S. The number of hydrogen-bond donors (Lipinski definition) is 1. The Morgan fingerprint density at radius 2 is 2.10 bits per heavy atom. The van der Waals surface area contributed by atoms with Crippen LogP contribution in [-0.2, 0) is 0 Å². The summed E-state index contributed by atoms with van der Waals surface area (Å²) in [6.07, 6.45) is 3.99. The SMILES string of the molecule is CN(SOc1cccc(F)c1)C(C)(F)C1CCN(C(=O)Nc2ccnnc2)CC1. The molecule has 0 saturated carbocycles. The number of nitrogens with zero attached hydrogens (tertiary/aromatic N) is 4. The van der Waals surface area contributed by atoms with Crippen molar-refractivity contribution < 1.29 is 17.8 Å². The maximum Gasteiger partial charge on any atom is 0.321 e. The molecule has 0 aliphatic carbocycles. The summed E-state index contributed by atoms with van der Waals surface area (Å²) in [4.78, 5) is 14.0. The van der Waals surface area contributed by atoms with E-state index in [0.717, 1.165) is 12.2 Å². The topological polar surface area (TPSA) is 70.6 Å². The summed E-state index contributed by atoms with van der Waals surface area (Å²) >= 11 is 0.834. The first kappa shape index (κ1) is 21.3. The van der Waals surface area contributed by atoms with Crippen molar-refractivity contribution in [3.8, 4) is 5.75 Å². The molecule has 10 heteroatoms. The van der Waals surface area contributed by atoms with Crippen molar-refractivity contribution in [3.05, 3.63) is 48.5 Å². The average molecular weight is 423 g/mol. The second-order valence-corrected chi connectivity index (χ2v) is 7.82. The van der Waals surface area contributed by atoms with Gasteiger partial charge in [0.1, 0.15) is 23.8 Å². The molecule has 1 saturated heterocycles. The fraction of sp³-hybridized carbons (Fsp3) is 0.421. The summed E-state index contributed by atoms with van der Waals surface area (Å²) < 4.78 is 35.5. The number of carbonyl (C=O) groups is 1. The molecule has 156 valence electrons. The average Bonchev–Trinajstić information content (AvgIpc) is 2.73. The third-order valence-corrected chi connectivity index (χ3v) is 5.87. The minimum atomic E-state index is -1.66. The lowest BCUT2D eigenvalue weighted by molar-refractivity contribution is -0.0194. The van der Waals surface area contributed by atoms with Crippen LogP contribution in [0.5, 0.6) is 5.75 Å². The van der Waals surface area contributed by atoms with Crippen LogP contribution in [0.15, 0.2) is 42.7 Å². The Kier molecular flexibility index (Phi) is 6.86. The smallest absolute Gasteiger partial charge is 0.321 e. The molecule has 2 heterocycles. The quantitative estimate of drug-likeness (QED) is 0.428. The third-order valence-electron chi connectivity index (χ3n) is 5.02. The summed E-state index contributed by atoms with van der Waals surface area (Å²) in [5.74, 6) is -2.03. The van der Waals surface area contributed by atoms with Crippen molar-refractivity contribution in [1.29, 1.82) is 0 Å². The fourth-order valence-electron chi connectivity index (χ4n) is 3.12. The number of urea groups is 1. The summed E-state index contributed by atoms with van der Waals surface area (Å²) in [6, 6.07) is 7.11. The van der Waals surface area contributed by atoms with Crippen LogP contribution in [0, 0.1) is 11.7 Å². The van der Waals surface area contributed by atoms with Gasteiger partial charge in [-0.3, -0.25) is 0 Å². The number of alkyl halides is 1. The largest absolute Gasteiger partial charge is 0.409 e. The van der Waals surface area contributed by atoms with Crippen LogP contribution >= 0.6 is 12.2 Å². The van der Waals surface area contributed by atoms with Crippen molar-refractivity contribution in [2.75, 3.05) is 25.5 Å². The third kappa shape index (κ3) is 5.54. The maximum atomic E-state index is 15.4. The summed E-state index contributed by atoms with van der Waals surface area (Å²) in [6.45, 7) is 2.38. The van der Waals surface area contributed by atoms with Gasteiger partial charge in [0.25, 0.3) is 0 Å². The second kappa shape index (κ2) is 9.36. The van der Waals surface area contributed by atoms with Gasteiger partial charge >= 0.3 is 6.03 Å². The Bertz CT molecular complexity index is 819. The van der Waals surface area contributed by atoms with Crippen molar-refractivity contribution in [2.45, 2.75) is 25.6 Å². The van der Waals surface area contributed by atoms with Crippen LogP contribution in [-0.4, -0.2) is 51.4 Å². The van der Waals surface area contributed by atoms with Gasteiger partial charge in [-0.15, -0.1) is 0 Å². The molecule has 0 spiro atoms. The van der Waals surface area contributed by atoms with E-state index < -0.39 is 11.6 Å². The van der Waals surface area contributed by atoms with E-state index in [4.69, 9.17) is 4.18 Å². The molecule has 1 unspecified atom stereocenters. The molecule has 2 amide bonds. The van der Waals surface area contributed by atoms with Crippen LogP contribution in [0.2, 0.25) is 0 Å². The van der Waals surface area contributed by atoms with Gasteiger partial charge in [0, 0.05) is 32.1 Å². The highest BCUT2D eigenvalue weighted by Gasteiger charge is 2.41. The zero-order valence-corrected chi connectivity index (χ0v) is 17.0. The number of aromatic nitrogens is 2. The van der Waals surface area contributed by atoms with Gasteiger partial charge in [-0.25, -0.2) is 13.6 Å². The van der Waals surface area contributed by atoms with E-state index in [-0.39, 0.29) is 11.9 Å². The first-order valence-corrected chi connectivity index (χ1v) is 9.91. The molecular weight excluding hydrogens is 400 g/mol. The highest BCUT2D eigenvalue weighted by Crippen LogP contribution is 2.37. The maximum absolute atomic E-state index is 15.4. The number of hydrogen-bond acceptors (Lipinski definition) is 6. The molecule has 3 rings (SSSR count). The number of nitrogens with one attached hydrogen (secondary N) is 1. The second-order valence-electron chi connectivity index (χ2n) is 6.96. The molecule has 7 nitrogen and oxygen atoms in total. The van der Waals surface area contributed by atoms with Crippen molar-refractivity contribution in [1.82, 2.24) is 19.4 Å². The molecule has 0 radical (unpaired) electrons. The summed E-state index contributed by atoms with van der Waals surface area (Å²) in [7, 11) is 1.60. The lowest BCUT2D eigenvalue weighted by Crippen LogP contribution is -2.49. The molecule has 0 bridgehead atoms. The lowest BCUT2D eigenvalue weighted by atomic mass is 9.88. The van der Waals surface area contributed by atoms with Crippen LogP contribution in [0.4, 0.5) is 19.3 Å². The highest BCUT2D eigenvalue weighted by atomic mass is 32.2. The highest BCUT2D eigenvalue weighted by molar-refractivity contribution is 7.92. The van der Waals surface area contributed by atoms with Crippen LogP contribution < -0.4 is 9.50 Å². The molecule has 1 aromatic carbocycles. The number of likely N-dealkylation sites (tertiary alicyclic amines) is 1. The van der Waals surface area contributed by atoms with E-state index in [2.05, 4.69) is 15.5 Å². The molecule has 1 aliphatic heterocycles. The van der Waals surface area contributed by atoms with Gasteiger partial charge in [0.15, 0.2) is 5.79 Å². The number of halogens is 2. The zero-order chi connectivity index (χ0) is 20.9. The number of amides is 2. The zero-order valence-electron chi connectivity index (χ0n) is 16.2. The van der Waals surface area contributed by atoms with Gasteiger partial charge in [-0.2, -0.15) is 14.5 Å². The first-order chi connectivity index (χ1) is 13.9. The van der Waals surface area contributed by atoms with E-state index in [1.54, 1.807) is 24.1 Å². The Balaban J connectivity index is 1.49. The van der Waals surface area contributed by atoms with Crippen molar-refractivity contribution >= 4 is 23.9 Å². The monoisotopic (exact) mass is 423 g/mol. The predicted molar refractivity (Wildman–Crippen MR) is 107 cm³/mol. The number of anilines is 1. The van der Waals surface area contributed by atoms with E-state index in [1.807, 2.05) is 0 Å². The van der Waals surface area contributed by atoms with Crippen LogP contribution in [0.1, 0.15) is 19.8 Å². The van der Waals surface area contributed by atoms with E-state index in [0.29, 0.717) is 37.4 Å². The van der Waals surface area contributed by atoms with Gasteiger partial charge in [-0.1, -0.05) is 6.07 Å². The molecule has 1 atom stereocenters. The molecule has 1 N–H and O–H groups in total. The predicted octanol–water partition coefficient (Wildman–Crippen LogP) is 4.12. The van der Waals surface area contributed by atoms with Gasteiger partial charge < -0.3 is 14.4 Å². The molecule has 1 aromatic heterocycles. The Morgan fingerprint density at radius 1 is 1.34 bits per heavy atom. The van der Waals surface area contributed by atoms with Gasteiger partial charge in [0.2, 0.25) is 0 Å². The van der Waals surface area contributed by atoms with Crippen LogP contribution in [0.3, 0.4) is 0 Å². The van der Waals surface area contributed by atoms with E-state index in [9.17, 15) is 9.18 Å². The molecule has 29 heavy (non-hydrogen) atoms. The minimum absolute atomic E-state index is 0.242. The van der Waals surface area contributed by atoms with Crippen molar-refractivity contribution in [2.24, 2.45) is 5.92 Å². The molecule has 1 aliphatic rings. The van der Waals surface area contributed by atoms with E-state index in [1.165, 1.54) is 41.8 Å².